The first-order valence-corrected chi connectivity index (χ1v) is 29.1. The number of piperidine rings is 1. The Morgan fingerprint density at radius 2 is 1.61 bits per heavy atom. The van der Waals surface area contributed by atoms with Gasteiger partial charge in [-0.05, 0) is 125 Å². The van der Waals surface area contributed by atoms with Crippen LogP contribution in [0, 0.1) is 24.4 Å². The molecule has 6 aromatic rings. The van der Waals surface area contributed by atoms with Crippen LogP contribution in [0.15, 0.2) is 107 Å². The van der Waals surface area contributed by atoms with Crippen molar-refractivity contribution in [2.24, 2.45) is 5.73 Å². The van der Waals surface area contributed by atoms with Crippen molar-refractivity contribution in [1.82, 2.24) is 34.5 Å². The number of ether oxygens (including phenoxy) is 4. The van der Waals surface area contributed by atoms with Gasteiger partial charge in [0.15, 0.2) is 17.4 Å². The Balaban J connectivity index is 0.668. The lowest BCUT2D eigenvalue weighted by atomic mass is 9.93. The Kier molecular flexibility index (Phi) is 21.5. The summed E-state index contributed by atoms with van der Waals surface area (Å²) in [5, 5.41) is 0. The maximum Gasteiger partial charge on any atom is 0.251 e. The summed E-state index contributed by atoms with van der Waals surface area (Å²) < 4.78 is 96.8. The summed E-state index contributed by atoms with van der Waals surface area (Å²) in [6.07, 6.45) is 10.1. The van der Waals surface area contributed by atoms with Crippen LogP contribution in [-0.2, 0) is 48.3 Å². The van der Waals surface area contributed by atoms with Crippen LogP contribution < -0.4 is 20.9 Å². The fourth-order valence-corrected chi connectivity index (χ4v) is 10.7. The minimum Gasteiger partial charge on any atom is -0.486 e. The molecule has 8 rings (SSSR count). The molecule has 1 saturated carbocycles. The number of carbonyl (C=O) groups excluding carboxylic acids is 3. The number of amides is 2. The van der Waals surface area contributed by atoms with Gasteiger partial charge >= 0.3 is 0 Å². The van der Waals surface area contributed by atoms with E-state index in [0.717, 1.165) is 49.9 Å². The third-order valence-electron chi connectivity index (χ3n) is 14.1. The molecule has 1 aliphatic carbocycles. The van der Waals surface area contributed by atoms with Crippen LogP contribution in [0.25, 0.3) is 11.3 Å². The van der Waals surface area contributed by atoms with Gasteiger partial charge in [0.25, 0.3) is 5.91 Å². The van der Waals surface area contributed by atoms with E-state index in [4.69, 9.17) is 30.4 Å². The Hall–Kier alpha value is -6.99. The number of rotatable bonds is 29. The summed E-state index contributed by atoms with van der Waals surface area (Å²) in [5.41, 5.74) is 15.4. The third kappa shape index (κ3) is 16.8. The van der Waals surface area contributed by atoms with Crippen molar-refractivity contribution in [2.45, 2.75) is 68.8 Å². The van der Waals surface area contributed by atoms with Gasteiger partial charge in [-0.3, -0.25) is 19.3 Å². The highest BCUT2D eigenvalue weighted by atomic mass is 79.9. The monoisotopic (exact) mass is 1210 g/mol. The Morgan fingerprint density at radius 1 is 0.866 bits per heavy atom. The maximum atomic E-state index is 15.1. The molecule has 0 radical (unpaired) electrons. The van der Waals surface area contributed by atoms with Crippen molar-refractivity contribution in [3.05, 3.63) is 170 Å². The predicted octanol–water partition coefficient (Wildman–Crippen LogP) is 7.47. The van der Waals surface area contributed by atoms with Gasteiger partial charge in [-0.2, -0.15) is 0 Å². The van der Waals surface area contributed by atoms with E-state index in [0.29, 0.717) is 76.9 Å². The highest BCUT2D eigenvalue weighted by molar-refractivity contribution is 9.10. The van der Waals surface area contributed by atoms with E-state index in [9.17, 15) is 31.6 Å². The van der Waals surface area contributed by atoms with Crippen LogP contribution in [0.4, 0.5) is 19.0 Å². The molecular formula is C59H65BrF3N9O9S. The van der Waals surface area contributed by atoms with E-state index in [-0.39, 0.29) is 91.0 Å². The number of nitrogens with one attached hydrogen (secondary N) is 1. The van der Waals surface area contributed by atoms with Gasteiger partial charge in [-0.1, -0.05) is 36.4 Å². The number of sulfonamides is 1. The average Bonchev–Trinajstić information content (AvgIpc) is 4.27. The minimum absolute atomic E-state index is 0.0137. The molecule has 434 valence electrons. The molecule has 0 atom stereocenters. The summed E-state index contributed by atoms with van der Waals surface area (Å²) in [6, 6.07) is 17.8. The van der Waals surface area contributed by atoms with Crippen LogP contribution in [0.1, 0.15) is 91.7 Å². The highest BCUT2D eigenvalue weighted by Gasteiger charge is 2.27. The molecule has 82 heavy (non-hydrogen) atoms. The van der Waals surface area contributed by atoms with Crippen molar-refractivity contribution in [1.29, 1.82) is 0 Å². The van der Waals surface area contributed by atoms with Gasteiger partial charge in [0.05, 0.1) is 71.9 Å². The number of Topliss-reactive ketones (excluding diaryl/α,β-unsaturated/α-hetero) is 1. The van der Waals surface area contributed by atoms with E-state index >= 15 is 4.39 Å². The number of primary amides is 1. The molecule has 2 aromatic heterocycles. The van der Waals surface area contributed by atoms with E-state index in [2.05, 4.69) is 45.5 Å². The lowest BCUT2D eigenvalue weighted by Crippen LogP contribution is -2.37. The quantitative estimate of drug-likeness (QED) is 0.0234. The molecule has 1 aliphatic heterocycles. The van der Waals surface area contributed by atoms with E-state index < -0.39 is 39.2 Å². The SMILES string of the molecule is Cc1c(CC(=O)c2ccc(C3CC3)cc2F)cc(F)cc1-c1ncnc(N)c1OCCN(C)C(=O)/C=C/CN1CCC(OCCOCCOCCNS(=O)(=O)c2ccc(Cc3ncc(Br)c(Cc4cccc(F)c4C(N)=O)n3)cc2)CC1. The molecule has 0 spiro atoms. The van der Waals surface area contributed by atoms with Gasteiger partial charge in [0, 0.05) is 70.3 Å². The van der Waals surface area contributed by atoms with Gasteiger partial charge in [-0.25, -0.2) is 46.2 Å². The van der Waals surface area contributed by atoms with Crippen LogP contribution >= 0.6 is 15.9 Å². The molecule has 0 bridgehead atoms. The van der Waals surface area contributed by atoms with E-state index in [1.807, 2.05) is 6.08 Å². The second kappa shape index (κ2) is 28.8. The van der Waals surface area contributed by atoms with Crippen LogP contribution in [0.3, 0.4) is 0 Å². The Labute approximate surface area is 483 Å². The van der Waals surface area contributed by atoms with E-state index in [1.54, 1.807) is 44.4 Å². The van der Waals surface area contributed by atoms with Crippen molar-refractivity contribution < 1.29 is 54.9 Å². The molecule has 1 saturated heterocycles. The second-order valence-electron chi connectivity index (χ2n) is 20.0. The van der Waals surface area contributed by atoms with Crippen molar-refractivity contribution in [3.8, 4) is 17.0 Å². The number of likely N-dealkylation sites (tertiary alicyclic amines) is 1. The zero-order valence-corrected chi connectivity index (χ0v) is 48.0. The molecule has 18 nitrogen and oxygen atoms in total. The van der Waals surface area contributed by atoms with Crippen LogP contribution in [0.2, 0.25) is 0 Å². The van der Waals surface area contributed by atoms with Gasteiger partial charge in [0.1, 0.15) is 41.9 Å². The summed E-state index contributed by atoms with van der Waals surface area (Å²) in [7, 11) is -2.16. The molecule has 2 fully saturated rings. The molecule has 0 unspecified atom stereocenters. The smallest absolute Gasteiger partial charge is 0.251 e. The molecule has 4 aromatic carbocycles. The average molecular weight is 1210 g/mol. The number of halogens is 4. The van der Waals surface area contributed by atoms with Crippen molar-refractivity contribution >= 4 is 49.4 Å². The molecule has 3 heterocycles. The maximum absolute atomic E-state index is 15.1. The normalized spacial score (nSPS) is 14.1. The van der Waals surface area contributed by atoms with Gasteiger partial charge in [0.2, 0.25) is 15.9 Å². The summed E-state index contributed by atoms with van der Waals surface area (Å²) in [6.45, 7) is 5.70. The first kappa shape index (κ1) is 61.1. The zero-order chi connectivity index (χ0) is 58.3. The van der Waals surface area contributed by atoms with Crippen molar-refractivity contribution in [2.75, 3.05) is 85.1 Å². The number of anilines is 1. The van der Waals surface area contributed by atoms with Crippen molar-refractivity contribution in [3.63, 3.8) is 0 Å². The number of hydrogen-bond donors (Lipinski definition) is 3. The predicted molar refractivity (Wildman–Crippen MR) is 304 cm³/mol. The number of likely N-dealkylation sites (N-methyl/N-ethyl adjacent to an activating group) is 1. The largest absolute Gasteiger partial charge is 0.486 e. The molecule has 5 N–H and O–H groups in total. The summed E-state index contributed by atoms with van der Waals surface area (Å²) >= 11 is 3.42. The Morgan fingerprint density at radius 3 is 2.34 bits per heavy atom. The molecule has 23 heteroatoms. The number of carbonyl (C=O) groups is 3. The fraction of sp³-hybridized carbons (Fsp3) is 0.373. The number of nitrogens with zero attached hydrogens (tertiary/aromatic N) is 6. The number of nitrogen functional groups attached to an aromatic ring is 1. The number of nitrogens with two attached hydrogens (primary N) is 2. The topological polar surface area (TPSA) is 244 Å². The summed E-state index contributed by atoms with van der Waals surface area (Å²) in [4.78, 5) is 59.4. The first-order valence-electron chi connectivity index (χ1n) is 26.9. The van der Waals surface area contributed by atoms with E-state index in [1.165, 1.54) is 65.8 Å². The standard InChI is InChI=1S/C59H65BrF3N9O9S/c1-37-42(33-52(73)46-15-12-40(31-50(46)63)39-10-11-39)30-43(61)34-47(37)56-57(58(64)68-36-67-56)81-24-22-71(2)54(74)7-4-19-72-20-16-44(17-21-72)80-28-27-79-26-25-78-23-18-69-82(76,77)45-13-8-38(9-14-45)29-53-66-35-48(60)51(70-53)32-41-5-3-6-49(62)55(41)59(65)75/h3-9,12-15,30-31,34-36,39,44,69H,10-11,16-29,32-33H2,1-2H3,(H2,65,75)(H2,64,67,68)/b7-4+. The lowest BCUT2D eigenvalue weighted by Gasteiger charge is -2.31. The second-order valence-corrected chi connectivity index (χ2v) is 22.6. The number of hydrogen-bond acceptors (Lipinski definition) is 15. The van der Waals surface area contributed by atoms with Crippen LogP contribution in [-0.4, -0.2) is 141 Å². The molecule has 2 amide bonds. The number of benzene rings is 4. The van der Waals surface area contributed by atoms with Gasteiger partial charge < -0.3 is 35.3 Å². The number of aromatic nitrogens is 4. The third-order valence-corrected chi connectivity index (χ3v) is 16.3. The zero-order valence-electron chi connectivity index (χ0n) is 45.6. The van der Waals surface area contributed by atoms with Crippen LogP contribution in [0.5, 0.6) is 5.75 Å². The minimum atomic E-state index is -3.81. The first-order chi connectivity index (χ1) is 39.4. The lowest BCUT2D eigenvalue weighted by molar-refractivity contribution is -0.125. The molecule has 2 aliphatic rings. The molecular weight excluding hydrogens is 1150 g/mol. The number of ketones is 1. The Bertz CT molecular complexity index is 3390. The van der Waals surface area contributed by atoms with Gasteiger partial charge in [-0.15, -0.1) is 0 Å². The fourth-order valence-electron chi connectivity index (χ4n) is 9.39. The summed E-state index contributed by atoms with van der Waals surface area (Å²) in [5.74, 6) is -2.59. The highest BCUT2D eigenvalue weighted by Crippen LogP contribution is 2.41.